The van der Waals surface area contributed by atoms with Gasteiger partial charge >= 0.3 is 0 Å². The van der Waals surface area contributed by atoms with Crippen LogP contribution >= 0.6 is 23.2 Å². The third-order valence-corrected chi connectivity index (χ3v) is 10.1. The van der Waals surface area contributed by atoms with E-state index in [2.05, 4.69) is 16.0 Å². The zero-order valence-electron chi connectivity index (χ0n) is 21.7. The molecule has 0 bridgehead atoms. The maximum atomic E-state index is 16.0. The van der Waals surface area contributed by atoms with Crippen LogP contribution in [0.2, 0.25) is 10.0 Å². The smallest absolute Gasteiger partial charge is 0.238 e. The Bertz CT molecular complexity index is 1290. The lowest BCUT2D eigenvalue weighted by Crippen LogP contribution is -2.59. The first kappa shape index (κ1) is 27.0. The van der Waals surface area contributed by atoms with Crippen molar-refractivity contribution >= 4 is 40.7 Å². The third kappa shape index (κ3) is 4.28. The molecule has 3 fully saturated rings. The summed E-state index contributed by atoms with van der Waals surface area (Å²) in [5.74, 6) is -1.94. The van der Waals surface area contributed by atoms with Gasteiger partial charge in [0, 0.05) is 28.2 Å². The molecule has 6 rings (SSSR count). The van der Waals surface area contributed by atoms with Gasteiger partial charge in [-0.3, -0.25) is 14.9 Å². The highest BCUT2D eigenvalue weighted by Crippen LogP contribution is 2.62. The minimum atomic E-state index is -1.24. The van der Waals surface area contributed by atoms with Crippen molar-refractivity contribution in [2.45, 2.75) is 99.3 Å². The normalized spacial score (nSPS) is 31.6. The molecule has 0 unspecified atom stereocenters. The molecule has 2 saturated carbocycles. The van der Waals surface area contributed by atoms with Gasteiger partial charge in [0.1, 0.15) is 11.2 Å². The average Bonchev–Trinajstić information content (AvgIpc) is 3.23. The van der Waals surface area contributed by atoms with Crippen molar-refractivity contribution in [3.05, 3.63) is 63.4 Å². The van der Waals surface area contributed by atoms with Gasteiger partial charge in [-0.05, 0) is 67.9 Å². The van der Waals surface area contributed by atoms with Crippen LogP contribution in [0.1, 0.15) is 81.3 Å². The molecule has 2 spiro atoms. The molecule has 2 heterocycles. The van der Waals surface area contributed by atoms with E-state index in [9.17, 15) is 14.7 Å². The first-order valence-corrected chi connectivity index (χ1v) is 14.8. The zero-order valence-corrected chi connectivity index (χ0v) is 23.3. The topological polar surface area (TPSA) is 90.5 Å². The van der Waals surface area contributed by atoms with Gasteiger partial charge in [0.15, 0.2) is 0 Å². The number of carbonyl (C=O) groups excluding carboxylic acids is 2. The largest absolute Gasteiger partial charge is 0.393 e. The fourth-order valence-electron chi connectivity index (χ4n) is 7.91. The molecule has 0 radical (unpaired) electrons. The number of fused-ring (bicyclic) bond motifs is 3. The number of benzene rings is 2. The van der Waals surface area contributed by atoms with Crippen molar-refractivity contribution < 1.29 is 19.1 Å². The van der Waals surface area contributed by atoms with Crippen LogP contribution in [0.15, 0.2) is 36.4 Å². The quantitative estimate of drug-likeness (QED) is 0.385. The van der Waals surface area contributed by atoms with Crippen molar-refractivity contribution in [3.8, 4) is 0 Å². The summed E-state index contributed by atoms with van der Waals surface area (Å²) < 4.78 is 16.0. The number of aliphatic hydroxyl groups is 1. The molecule has 2 aliphatic heterocycles. The lowest BCUT2D eigenvalue weighted by Gasteiger charge is -2.44. The lowest BCUT2D eigenvalue weighted by atomic mass is 9.57. The molecule has 208 valence electrons. The second-order valence-electron chi connectivity index (χ2n) is 11.7. The highest BCUT2D eigenvalue weighted by atomic mass is 35.5. The van der Waals surface area contributed by atoms with Gasteiger partial charge in [0.25, 0.3) is 0 Å². The fraction of sp³-hybridized carbons (Fsp3) is 0.533. The van der Waals surface area contributed by atoms with Crippen molar-refractivity contribution in [3.63, 3.8) is 0 Å². The summed E-state index contributed by atoms with van der Waals surface area (Å²) in [7, 11) is 0. The van der Waals surface area contributed by atoms with Crippen molar-refractivity contribution in [1.82, 2.24) is 10.6 Å². The molecule has 2 aromatic rings. The Morgan fingerprint density at radius 1 is 1.03 bits per heavy atom. The molecule has 2 amide bonds. The van der Waals surface area contributed by atoms with E-state index in [4.69, 9.17) is 23.2 Å². The Labute approximate surface area is 238 Å². The number of hydrogen-bond acceptors (Lipinski definition) is 4. The SMILES string of the molecule is O=C(NC1CCC(O)CC1)[C@@H]1NC2(CCCCCC2)[C@@]2(C(=O)Nc3cc(Cl)ccc32)[C@H]1c1cccc(Cl)c1F. The number of anilines is 1. The molecule has 4 aliphatic rings. The van der Waals surface area contributed by atoms with E-state index in [1.807, 2.05) is 6.07 Å². The molecule has 9 heteroatoms. The highest BCUT2D eigenvalue weighted by Gasteiger charge is 2.72. The number of halogens is 3. The summed E-state index contributed by atoms with van der Waals surface area (Å²) in [5.41, 5.74) is -0.405. The Morgan fingerprint density at radius 2 is 1.74 bits per heavy atom. The summed E-state index contributed by atoms with van der Waals surface area (Å²) in [5, 5.41) is 20.4. The van der Waals surface area contributed by atoms with Gasteiger partial charge in [0.05, 0.1) is 17.2 Å². The maximum absolute atomic E-state index is 16.0. The lowest BCUT2D eigenvalue weighted by molar-refractivity contribution is -0.124. The second kappa shape index (κ2) is 10.3. The number of rotatable bonds is 3. The van der Waals surface area contributed by atoms with E-state index in [0.29, 0.717) is 49.2 Å². The first-order valence-electron chi connectivity index (χ1n) is 14.1. The Morgan fingerprint density at radius 3 is 2.46 bits per heavy atom. The fourth-order valence-corrected chi connectivity index (χ4v) is 8.26. The van der Waals surface area contributed by atoms with E-state index < -0.39 is 28.7 Å². The summed E-state index contributed by atoms with van der Waals surface area (Å²) in [6, 6.07) is 9.24. The maximum Gasteiger partial charge on any atom is 0.238 e. The number of hydrogen-bond donors (Lipinski definition) is 4. The Balaban J connectivity index is 1.54. The van der Waals surface area contributed by atoms with E-state index in [1.54, 1.807) is 24.3 Å². The van der Waals surface area contributed by atoms with Crippen LogP contribution in [0.3, 0.4) is 0 Å². The first-order chi connectivity index (χ1) is 18.8. The van der Waals surface area contributed by atoms with Crippen LogP contribution in [-0.4, -0.2) is 40.6 Å². The van der Waals surface area contributed by atoms with E-state index in [-0.39, 0.29) is 34.5 Å². The number of aliphatic hydroxyl groups excluding tert-OH is 1. The van der Waals surface area contributed by atoms with Crippen LogP contribution < -0.4 is 16.0 Å². The molecule has 1 saturated heterocycles. The van der Waals surface area contributed by atoms with Gasteiger partial charge in [-0.1, -0.05) is 67.1 Å². The van der Waals surface area contributed by atoms with Gasteiger partial charge in [-0.15, -0.1) is 0 Å². The highest BCUT2D eigenvalue weighted by molar-refractivity contribution is 6.31. The number of nitrogens with one attached hydrogen (secondary N) is 3. The minimum absolute atomic E-state index is 0.0420. The second-order valence-corrected chi connectivity index (χ2v) is 12.5. The molecule has 2 aliphatic carbocycles. The van der Waals surface area contributed by atoms with E-state index in [1.165, 1.54) is 6.07 Å². The molecular weight excluding hydrogens is 540 g/mol. The van der Waals surface area contributed by atoms with Crippen molar-refractivity contribution in [2.75, 3.05) is 5.32 Å². The standard InChI is InChI=1S/C30H34Cl2FN3O3/c31-17-8-13-21-23(16-17)35-28(39)30(21)24(20-6-5-7-22(32)25(20)33)26(36-29(30)14-3-1-2-4-15-29)27(38)34-18-9-11-19(37)12-10-18/h5-8,13,16,18-19,24,26,36-37H,1-4,9-12,14-15H2,(H,34,38)(H,35,39)/t18?,19?,24-,26+,30+/m0/s1. The van der Waals surface area contributed by atoms with Gasteiger partial charge < -0.3 is 15.7 Å². The monoisotopic (exact) mass is 573 g/mol. The van der Waals surface area contributed by atoms with E-state index in [0.717, 1.165) is 31.2 Å². The summed E-state index contributed by atoms with van der Waals surface area (Å²) >= 11 is 12.6. The van der Waals surface area contributed by atoms with Crippen LogP contribution in [0.4, 0.5) is 10.1 Å². The third-order valence-electron chi connectivity index (χ3n) is 9.60. The molecule has 6 nitrogen and oxygen atoms in total. The predicted molar refractivity (Wildman–Crippen MR) is 150 cm³/mol. The molecule has 4 N–H and O–H groups in total. The van der Waals surface area contributed by atoms with E-state index >= 15 is 4.39 Å². The minimum Gasteiger partial charge on any atom is -0.393 e. The number of carbonyl (C=O) groups is 2. The van der Waals surface area contributed by atoms with Crippen LogP contribution in [-0.2, 0) is 15.0 Å². The zero-order chi connectivity index (χ0) is 27.4. The van der Waals surface area contributed by atoms with Crippen LogP contribution in [0.5, 0.6) is 0 Å². The van der Waals surface area contributed by atoms with Crippen LogP contribution in [0, 0.1) is 5.82 Å². The van der Waals surface area contributed by atoms with Crippen molar-refractivity contribution in [2.24, 2.45) is 0 Å². The predicted octanol–water partition coefficient (Wildman–Crippen LogP) is 5.59. The number of amides is 2. The van der Waals surface area contributed by atoms with Gasteiger partial charge in [-0.25, -0.2) is 4.39 Å². The van der Waals surface area contributed by atoms with Crippen LogP contribution in [0.25, 0.3) is 0 Å². The Kier molecular flexibility index (Phi) is 7.15. The molecular formula is C30H34Cl2FN3O3. The summed E-state index contributed by atoms with van der Waals surface area (Å²) in [4.78, 5) is 28.6. The Hall–Kier alpha value is -2.19. The van der Waals surface area contributed by atoms with Gasteiger partial charge in [-0.2, -0.15) is 0 Å². The van der Waals surface area contributed by atoms with Gasteiger partial charge in [0.2, 0.25) is 11.8 Å². The molecule has 0 aromatic heterocycles. The molecule has 3 atom stereocenters. The summed E-state index contributed by atoms with van der Waals surface area (Å²) in [6.07, 6.45) is 7.47. The summed E-state index contributed by atoms with van der Waals surface area (Å²) in [6.45, 7) is 0. The molecule has 39 heavy (non-hydrogen) atoms. The molecule has 2 aromatic carbocycles. The average molecular weight is 575 g/mol. The van der Waals surface area contributed by atoms with Crippen molar-refractivity contribution in [1.29, 1.82) is 0 Å².